The van der Waals surface area contributed by atoms with Crippen molar-refractivity contribution in [2.45, 2.75) is 38.3 Å². The Kier molecular flexibility index (Phi) is 4.34. The third-order valence-electron chi connectivity index (χ3n) is 4.51. The maximum atomic E-state index is 8.71. The van der Waals surface area contributed by atoms with E-state index in [1.165, 1.54) is 31.4 Å². The van der Waals surface area contributed by atoms with E-state index >= 15 is 0 Å². The molecule has 5 heteroatoms. The first-order valence-corrected chi connectivity index (χ1v) is 7.71. The molecule has 1 aliphatic heterocycles. The molecule has 0 radical (unpaired) electrons. The Morgan fingerprint density at radius 2 is 1.85 bits per heavy atom. The molecule has 2 fully saturated rings. The molecule has 20 heavy (non-hydrogen) atoms. The van der Waals surface area contributed by atoms with E-state index in [2.05, 4.69) is 32.8 Å². The second-order valence-corrected chi connectivity index (χ2v) is 5.94. The largest absolute Gasteiger partial charge is 0.295 e. The number of aromatic nitrogens is 2. The minimum Gasteiger partial charge on any atom is -0.295 e. The number of hydrogen-bond acceptors (Lipinski definition) is 4. The van der Waals surface area contributed by atoms with Gasteiger partial charge in [-0.15, -0.1) is 0 Å². The second kappa shape index (κ2) is 6.38. The molecule has 1 saturated carbocycles. The van der Waals surface area contributed by atoms with Gasteiger partial charge in [-0.2, -0.15) is 10.4 Å². The summed E-state index contributed by atoms with van der Waals surface area (Å²) in [6.45, 7) is 5.58. The third kappa shape index (κ3) is 3.20. The van der Waals surface area contributed by atoms with Crippen LogP contribution in [0.15, 0.2) is 12.3 Å². The van der Waals surface area contributed by atoms with Crippen LogP contribution in [0.3, 0.4) is 0 Å². The van der Waals surface area contributed by atoms with Crippen LogP contribution in [0.4, 0.5) is 0 Å². The molecular weight excluding hydrogens is 250 g/mol. The van der Waals surface area contributed by atoms with Crippen LogP contribution >= 0.6 is 0 Å². The number of hydrogen-bond donors (Lipinski definition) is 0. The maximum Gasteiger partial charge on any atom is 0.0866 e. The van der Waals surface area contributed by atoms with Crippen molar-refractivity contribution in [1.29, 1.82) is 5.26 Å². The highest BCUT2D eigenvalue weighted by Gasteiger charge is 2.20. The molecular formula is C15H23N5. The van der Waals surface area contributed by atoms with Gasteiger partial charge in [0.15, 0.2) is 0 Å². The summed E-state index contributed by atoms with van der Waals surface area (Å²) >= 11 is 0. The molecule has 2 aliphatic rings. The third-order valence-corrected chi connectivity index (χ3v) is 4.51. The van der Waals surface area contributed by atoms with Crippen LogP contribution in [0.1, 0.15) is 37.4 Å². The summed E-state index contributed by atoms with van der Waals surface area (Å²) in [5.74, 6) is 0. The van der Waals surface area contributed by atoms with Gasteiger partial charge in [-0.3, -0.25) is 14.5 Å². The SMILES string of the molecule is N#CCN1CCN(Cc2ccn(C3CCCC3)n2)CC1. The van der Waals surface area contributed by atoms with E-state index in [4.69, 9.17) is 10.4 Å². The van der Waals surface area contributed by atoms with Crippen LogP contribution in [0.2, 0.25) is 0 Å². The molecule has 0 bridgehead atoms. The topological polar surface area (TPSA) is 48.1 Å². The van der Waals surface area contributed by atoms with Crippen molar-refractivity contribution in [3.05, 3.63) is 18.0 Å². The molecule has 0 spiro atoms. The monoisotopic (exact) mass is 273 g/mol. The molecule has 0 aromatic carbocycles. The molecule has 0 amide bonds. The smallest absolute Gasteiger partial charge is 0.0866 e. The molecule has 1 aliphatic carbocycles. The highest BCUT2D eigenvalue weighted by molar-refractivity contribution is 5.00. The van der Waals surface area contributed by atoms with Crippen LogP contribution in [0.25, 0.3) is 0 Å². The van der Waals surface area contributed by atoms with Gasteiger partial charge >= 0.3 is 0 Å². The highest BCUT2D eigenvalue weighted by Crippen LogP contribution is 2.28. The first-order valence-electron chi connectivity index (χ1n) is 7.71. The number of piperazine rings is 1. The minimum absolute atomic E-state index is 0.560. The van der Waals surface area contributed by atoms with Crippen molar-refractivity contribution in [2.75, 3.05) is 32.7 Å². The van der Waals surface area contributed by atoms with Gasteiger partial charge in [0.1, 0.15) is 0 Å². The predicted octanol–water partition coefficient (Wildman–Crippen LogP) is 1.64. The van der Waals surface area contributed by atoms with Crippen molar-refractivity contribution >= 4 is 0 Å². The second-order valence-electron chi connectivity index (χ2n) is 5.94. The fourth-order valence-corrected chi connectivity index (χ4v) is 3.27. The fraction of sp³-hybridized carbons (Fsp3) is 0.733. The van der Waals surface area contributed by atoms with E-state index in [1.807, 2.05) is 0 Å². The van der Waals surface area contributed by atoms with Crippen LogP contribution in [-0.4, -0.2) is 52.3 Å². The summed E-state index contributed by atoms with van der Waals surface area (Å²) in [5, 5.41) is 13.5. The van der Waals surface area contributed by atoms with Gasteiger partial charge in [0.05, 0.1) is 24.3 Å². The quantitative estimate of drug-likeness (QED) is 0.783. The molecule has 5 nitrogen and oxygen atoms in total. The Balaban J connectivity index is 1.50. The standard InChI is InChI=1S/C15H23N5/c16-6-8-18-9-11-19(12-10-18)13-14-5-7-20(17-14)15-3-1-2-4-15/h5,7,15H,1-4,8-13H2. The van der Waals surface area contributed by atoms with Gasteiger partial charge in [-0.05, 0) is 18.9 Å². The zero-order valence-electron chi connectivity index (χ0n) is 12.0. The van der Waals surface area contributed by atoms with E-state index < -0.39 is 0 Å². The van der Waals surface area contributed by atoms with E-state index in [9.17, 15) is 0 Å². The molecule has 0 unspecified atom stereocenters. The molecule has 2 heterocycles. The molecule has 0 atom stereocenters. The van der Waals surface area contributed by atoms with Gasteiger partial charge in [0, 0.05) is 38.9 Å². The summed E-state index contributed by atoms with van der Waals surface area (Å²) < 4.78 is 2.17. The molecule has 108 valence electrons. The van der Waals surface area contributed by atoms with Gasteiger partial charge in [0.25, 0.3) is 0 Å². The van der Waals surface area contributed by atoms with Crippen molar-refractivity contribution in [1.82, 2.24) is 19.6 Å². The molecule has 3 rings (SSSR count). The zero-order chi connectivity index (χ0) is 13.8. The Morgan fingerprint density at radius 1 is 1.15 bits per heavy atom. The highest BCUT2D eigenvalue weighted by atomic mass is 15.3. The van der Waals surface area contributed by atoms with Crippen LogP contribution < -0.4 is 0 Å². The Bertz CT molecular complexity index is 461. The van der Waals surface area contributed by atoms with Crippen LogP contribution in [0.5, 0.6) is 0 Å². The van der Waals surface area contributed by atoms with E-state index in [1.54, 1.807) is 0 Å². The summed E-state index contributed by atoms with van der Waals surface area (Å²) in [7, 11) is 0. The lowest BCUT2D eigenvalue weighted by Gasteiger charge is -2.32. The first-order chi connectivity index (χ1) is 9.85. The summed E-state index contributed by atoms with van der Waals surface area (Å²) in [6.07, 6.45) is 7.42. The van der Waals surface area contributed by atoms with E-state index in [0.717, 1.165) is 32.7 Å². The van der Waals surface area contributed by atoms with Crippen LogP contribution in [0, 0.1) is 11.3 Å². The summed E-state index contributed by atoms with van der Waals surface area (Å²) in [6, 6.07) is 5.03. The van der Waals surface area contributed by atoms with Gasteiger partial charge in [-0.1, -0.05) is 12.8 Å². The van der Waals surface area contributed by atoms with Crippen molar-refractivity contribution < 1.29 is 0 Å². The average Bonchev–Trinajstić information content (AvgIpc) is 3.12. The van der Waals surface area contributed by atoms with Crippen molar-refractivity contribution in [3.8, 4) is 6.07 Å². The Morgan fingerprint density at radius 3 is 2.55 bits per heavy atom. The van der Waals surface area contributed by atoms with Crippen molar-refractivity contribution in [2.24, 2.45) is 0 Å². The number of nitrogens with zero attached hydrogens (tertiary/aromatic N) is 5. The van der Waals surface area contributed by atoms with Crippen LogP contribution in [-0.2, 0) is 6.54 Å². The predicted molar refractivity (Wildman–Crippen MR) is 77.1 cm³/mol. The van der Waals surface area contributed by atoms with Crippen molar-refractivity contribution in [3.63, 3.8) is 0 Å². The zero-order valence-corrected chi connectivity index (χ0v) is 12.0. The molecule has 1 saturated heterocycles. The lowest BCUT2D eigenvalue weighted by molar-refractivity contribution is 0.136. The van der Waals surface area contributed by atoms with E-state index in [-0.39, 0.29) is 0 Å². The molecule has 1 aromatic heterocycles. The Labute approximate surface area is 120 Å². The number of nitriles is 1. The summed E-state index contributed by atoms with van der Waals surface area (Å²) in [5.41, 5.74) is 1.19. The van der Waals surface area contributed by atoms with Gasteiger partial charge < -0.3 is 0 Å². The summed E-state index contributed by atoms with van der Waals surface area (Å²) in [4.78, 5) is 4.66. The lowest BCUT2D eigenvalue weighted by atomic mass is 10.3. The van der Waals surface area contributed by atoms with Gasteiger partial charge in [-0.25, -0.2) is 0 Å². The average molecular weight is 273 g/mol. The first kappa shape index (κ1) is 13.6. The Hall–Kier alpha value is -1.38. The van der Waals surface area contributed by atoms with E-state index in [0.29, 0.717) is 12.6 Å². The van der Waals surface area contributed by atoms with Gasteiger partial charge in [0.2, 0.25) is 0 Å². The molecule has 1 aromatic rings. The lowest BCUT2D eigenvalue weighted by Crippen LogP contribution is -2.45. The minimum atomic E-state index is 0.560. The number of rotatable bonds is 4. The maximum absolute atomic E-state index is 8.71. The molecule has 0 N–H and O–H groups in total. The normalized spacial score (nSPS) is 22.1. The fourth-order valence-electron chi connectivity index (χ4n) is 3.27.